The van der Waals surface area contributed by atoms with Crippen LogP contribution in [-0.4, -0.2) is 29.8 Å². The van der Waals surface area contributed by atoms with Gasteiger partial charge >= 0.3 is 5.97 Å². The van der Waals surface area contributed by atoms with Gasteiger partial charge < -0.3 is 9.67 Å². The highest BCUT2D eigenvalue weighted by Crippen LogP contribution is 2.24. The third kappa shape index (κ3) is 3.73. The molecule has 0 radical (unpaired) electrons. The van der Waals surface area contributed by atoms with Crippen molar-refractivity contribution >= 4 is 15.8 Å². The van der Waals surface area contributed by atoms with Crippen LogP contribution in [0.1, 0.15) is 28.4 Å². The molecule has 1 aromatic carbocycles. The van der Waals surface area contributed by atoms with Gasteiger partial charge in [-0.25, -0.2) is 13.2 Å². The van der Waals surface area contributed by atoms with Crippen LogP contribution in [0.15, 0.2) is 35.3 Å². The summed E-state index contributed by atoms with van der Waals surface area (Å²) >= 11 is 0. The van der Waals surface area contributed by atoms with E-state index in [1.165, 1.54) is 17.6 Å². The Labute approximate surface area is 140 Å². The fourth-order valence-corrected chi connectivity index (χ4v) is 3.39. The first-order chi connectivity index (χ1) is 11.1. The number of carboxylic acid groups (broad SMARTS) is 1. The summed E-state index contributed by atoms with van der Waals surface area (Å²) < 4.78 is 25.3. The summed E-state index contributed by atoms with van der Waals surface area (Å²) in [5.74, 6) is -1.56. The SMILES string of the molecule is CCS(=O)(=O)Cc1cc(-c2cc(C)c(=O)n(C)c2)ccc1C(=O)O. The van der Waals surface area contributed by atoms with Crippen LogP contribution in [0, 0.1) is 6.92 Å². The van der Waals surface area contributed by atoms with Crippen molar-refractivity contribution in [1.29, 1.82) is 0 Å². The van der Waals surface area contributed by atoms with Crippen molar-refractivity contribution < 1.29 is 18.3 Å². The van der Waals surface area contributed by atoms with E-state index in [1.807, 2.05) is 0 Å². The molecule has 0 spiro atoms. The molecule has 6 nitrogen and oxygen atoms in total. The molecule has 2 rings (SSSR count). The maximum Gasteiger partial charge on any atom is 0.335 e. The van der Waals surface area contributed by atoms with Crippen LogP contribution in [0.3, 0.4) is 0 Å². The topological polar surface area (TPSA) is 93.4 Å². The van der Waals surface area contributed by atoms with Crippen molar-refractivity contribution in [2.24, 2.45) is 7.05 Å². The van der Waals surface area contributed by atoms with Gasteiger partial charge in [0.2, 0.25) is 0 Å². The van der Waals surface area contributed by atoms with Crippen molar-refractivity contribution in [3.63, 3.8) is 0 Å². The predicted octanol–water partition coefficient (Wildman–Crippen LogP) is 1.99. The molecule has 1 heterocycles. The first-order valence-electron chi connectivity index (χ1n) is 7.39. The second-order valence-corrected chi connectivity index (χ2v) is 8.03. The molecule has 0 aliphatic rings. The minimum Gasteiger partial charge on any atom is -0.478 e. The Hall–Kier alpha value is -2.41. The largest absolute Gasteiger partial charge is 0.478 e. The molecule has 0 fully saturated rings. The van der Waals surface area contributed by atoms with Gasteiger partial charge in [-0.2, -0.15) is 0 Å². The molecule has 0 saturated carbocycles. The highest BCUT2D eigenvalue weighted by Gasteiger charge is 2.17. The highest BCUT2D eigenvalue weighted by atomic mass is 32.2. The van der Waals surface area contributed by atoms with Crippen LogP contribution < -0.4 is 5.56 Å². The Bertz CT molecular complexity index is 931. The molecular formula is C17H19NO5S. The van der Waals surface area contributed by atoms with E-state index >= 15 is 0 Å². The molecule has 128 valence electrons. The zero-order chi connectivity index (χ0) is 18.1. The standard InChI is InChI=1S/C17H19NO5S/c1-4-24(22,23)10-14-8-12(5-6-15(14)17(20)21)13-7-11(2)16(19)18(3)9-13/h5-9H,4,10H2,1-3H3,(H,20,21). The van der Waals surface area contributed by atoms with E-state index in [-0.39, 0.29) is 28.2 Å². The van der Waals surface area contributed by atoms with E-state index < -0.39 is 15.8 Å². The first-order valence-corrected chi connectivity index (χ1v) is 9.21. The van der Waals surface area contributed by atoms with E-state index in [0.29, 0.717) is 11.1 Å². The molecule has 0 atom stereocenters. The van der Waals surface area contributed by atoms with Crippen molar-refractivity contribution in [2.75, 3.05) is 5.75 Å². The van der Waals surface area contributed by atoms with E-state index in [9.17, 15) is 23.1 Å². The maximum absolute atomic E-state index is 11.9. The maximum atomic E-state index is 11.9. The molecule has 24 heavy (non-hydrogen) atoms. The Morgan fingerprint density at radius 2 is 1.88 bits per heavy atom. The van der Waals surface area contributed by atoms with Crippen LogP contribution in [0.5, 0.6) is 0 Å². The van der Waals surface area contributed by atoms with E-state index in [4.69, 9.17) is 0 Å². The summed E-state index contributed by atoms with van der Waals surface area (Å²) in [6, 6.07) is 6.29. The Morgan fingerprint density at radius 1 is 1.21 bits per heavy atom. The van der Waals surface area contributed by atoms with Gasteiger partial charge in [-0.15, -0.1) is 0 Å². The fraction of sp³-hybridized carbons (Fsp3) is 0.294. The molecule has 1 aromatic heterocycles. The first kappa shape index (κ1) is 17.9. The zero-order valence-corrected chi connectivity index (χ0v) is 14.6. The van der Waals surface area contributed by atoms with Crippen LogP contribution in [0.2, 0.25) is 0 Å². The number of hydrogen-bond acceptors (Lipinski definition) is 4. The van der Waals surface area contributed by atoms with Gasteiger partial charge in [0.15, 0.2) is 9.84 Å². The van der Waals surface area contributed by atoms with Gasteiger partial charge in [0, 0.05) is 24.6 Å². The van der Waals surface area contributed by atoms with Crippen molar-refractivity contribution in [3.05, 3.63) is 57.5 Å². The fourth-order valence-electron chi connectivity index (χ4n) is 2.48. The number of rotatable bonds is 5. The molecule has 0 aliphatic carbocycles. The number of aromatic nitrogens is 1. The van der Waals surface area contributed by atoms with Gasteiger partial charge in [-0.3, -0.25) is 4.79 Å². The number of nitrogens with zero attached hydrogens (tertiary/aromatic N) is 1. The molecule has 0 aliphatic heterocycles. The van der Waals surface area contributed by atoms with Gasteiger partial charge in [0.25, 0.3) is 5.56 Å². The molecule has 7 heteroatoms. The number of carbonyl (C=O) groups is 1. The van der Waals surface area contributed by atoms with E-state index in [1.54, 1.807) is 38.4 Å². The van der Waals surface area contributed by atoms with Crippen LogP contribution in [0.4, 0.5) is 0 Å². The van der Waals surface area contributed by atoms with Crippen molar-refractivity contribution in [2.45, 2.75) is 19.6 Å². The van der Waals surface area contributed by atoms with Crippen LogP contribution in [0.25, 0.3) is 11.1 Å². The number of carboxylic acids is 1. The molecule has 0 saturated heterocycles. The van der Waals surface area contributed by atoms with Crippen molar-refractivity contribution in [3.8, 4) is 11.1 Å². The Kier molecular flexibility index (Phi) is 4.94. The van der Waals surface area contributed by atoms with Crippen LogP contribution in [-0.2, 0) is 22.6 Å². The smallest absolute Gasteiger partial charge is 0.335 e. The van der Waals surface area contributed by atoms with E-state index in [0.717, 1.165) is 5.56 Å². The average Bonchev–Trinajstić information content (AvgIpc) is 2.51. The monoisotopic (exact) mass is 349 g/mol. The number of hydrogen-bond donors (Lipinski definition) is 1. The number of benzene rings is 1. The predicted molar refractivity (Wildman–Crippen MR) is 92.0 cm³/mol. The van der Waals surface area contributed by atoms with Gasteiger partial charge in [-0.05, 0) is 41.8 Å². The van der Waals surface area contributed by atoms with E-state index in [2.05, 4.69) is 0 Å². The number of aromatic carboxylic acids is 1. The molecule has 0 bridgehead atoms. The molecular weight excluding hydrogens is 330 g/mol. The lowest BCUT2D eigenvalue weighted by molar-refractivity contribution is 0.0696. The molecule has 2 aromatic rings. The summed E-state index contributed by atoms with van der Waals surface area (Å²) in [6.45, 7) is 3.22. The number of sulfone groups is 1. The Morgan fingerprint density at radius 3 is 2.42 bits per heavy atom. The van der Waals surface area contributed by atoms with Gasteiger partial charge in [0.05, 0.1) is 11.3 Å². The summed E-state index contributed by atoms with van der Waals surface area (Å²) in [7, 11) is -1.74. The quantitative estimate of drug-likeness (QED) is 0.891. The third-order valence-electron chi connectivity index (χ3n) is 3.85. The summed E-state index contributed by atoms with van der Waals surface area (Å²) in [5, 5.41) is 9.28. The van der Waals surface area contributed by atoms with Crippen molar-refractivity contribution in [1.82, 2.24) is 4.57 Å². The summed E-state index contributed by atoms with van der Waals surface area (Å²) in [6.07, 6.45) is 1.64. The molecule has 1 N–H and O–H groups in total. The lowest BCUT2D eigenvalue weighted by atomic mass is 10.00. The molecule has 0 unspecified atom stereocenters. The minimum atomic E-state index is -3.37. The van der Waals surface area contributed by atoms with Gasteiger partial charge in [-0.1, -0.05) is 13.0 Å². The number of pyridine rings is 1. The minimum absolute atomic E-state index is 0.0303. The summed E-state index contributed by atoms with van der Waals surface area (Å²) in [5.41, 5.74) is 2.04. The molecule has 0 amide bonds. The Balaban J connectivity index is 2.62. The average molecular weight is 349 g/mol. The highest BCUT2D eigenvalue weighted by molar-refractivity contribution is 7.90. The zero-order valence-electron chi connectivity index (χ0n) is 13.7. The lowest BCUT2D eigenvalue weighted by Crippen LogP contribution is -2.18. The van der Waals surface area contributed by atoms with Gasteiger partial charge in [0.1, 0.15) is 0 Å². The number of aryl methyl sites for hydroxylation is 2. The third-order valence-corrected chi connectivity index (χ3v) is 5.48. The lowest BCUT2D eigenvalue weighted by Gasteiger charge is -2.11. The van der Waals surface area contributed by atoms with Crippen LogP contribution >= 0.6 is 0 Å². The second kappa shape index (κ2) is 6.60. The normalized spacial score (nSPS) is 11.5. The summed E-state index contributed by atoms with van der Waals surface area (Å²) in [4.78, 5) is 23.2. The second-order valence-electron chi connectivity index (χ2n) is 5.68.